The molecule has 1 saturated heterocycles. The molecule has 0 bridgehead atoms. The maximum Gasteiger partial charge on any atom is 0.0949 e. The zero-order valence-corrected chi connectivity index (χ0v) is 10.2. The van der Waals surface area contributed by atoms with Crippen molar-refractivity contribution in [3.05, 3.63) is 18.2 Å². The van der Waals surface area contributed by atoms with Gasteiger partial charge in [0.1, 0.15) is 0 Å². The summed E-state index contributed by atoms with van der Waals surface area (Å²) >= 11 is 0. The number of hydrogen-bond donors (Lipinski definition) is 1. The summed E-state index contributed by atoms with van der Waals surface area (Å²) in [6.07, 6.45) is 7.90. The van der Waals surface area contributed by atoms with Gasteiger partial charge >= 0.3 is 0 Å². The van der Waals surface area contributed by atoms with Crippen LogP contribution in [0, 0.1) is 0 Å². The fourth-order valence-corrected chi connectivity index (χ4v) is 2.17. The summed E-state index contributed by atoms with van der Waals surface area (Å²) in [5, 5.41) is 3.14. The lowest BCUT2D eigenvalue weighted by Crippen LogP contribution is -2.23. The van der Waals surface area contributed by atoms with Gasteiger partial charge < -0.3 is 14.8 Å². The van der Waals surface area contributed by atoms with E-state index in [0.29, 0.717) is 0 Å². The second-order valence-electron chi connectivity index (χ2n) is 4.51. The van der Waals surface area contributed by atoms with Crippen LogP contribution in [-0.4, -0.2) is 47.7 Å². The van der Waals surface area contributed by atoms with E-state index in [1.54, 1.807) is 0 Å². The van der Waals surface area contributed by atoms with Gasteiger partial charge in [0.05, 0.1) is 12.0 Å². The number of hydrogen-bond acceptors (Lipinski definition) is 3. The Morgan fingerprint density at radius 3 is 2.88 bits per heavy atom. The Morgan fingerprint density at radius 2 is 2.12 bits per heavy atom. The van der Waals surface area contributed by atoms with Gasteiger partial charge in [0, 0.05) is 32.3 Å². The molecule has 1 aromatic rings. The number of rotatable bonds is 6. The average molecular weight is 222 g/mol. The lowest BCUT2D eigenvalue weighted by Gasteiger charge is -2.14. The van der Waals surface area contributed by atoms with Gasteiger partial charge in [-0.05, 0) is 33.0 Å². The number of likely N-dealkylation sites (tertiary alicyclic amines) is 1. The van der Waals surface area contributed by atoms with Crippen LogP contribution in [0.4, 0.5) is 0 Å². The second kappa shape index (κ2) is 6.01. The van der Waals surface area contributed by atoms with Gasteiger partial charge in [-0.25, -0.2) is 4.98 Å². The van der Waals surface area contributed by atoms with Crippen LogP contribution in [0.3, 0.4) is 0 Å². The molecule has 1 aliphatic rings. The zero-order chi connectivity index (χ0) is 11.2. The molecule has 1 aliphatic heterocycles. The predicted molar refractivity (Wildman–Crippen MR) is 65.5 cm³/mol. The number of nitrogens with one attached hydrogen (secondary N) is 1. The van der Waals surface area contributed by atoms with Gasteiger partial charge in [-0.15, -0.1) is 0 Å². The van der Waals surface area contributed by atoms with Crippen molar-refractivity contribution in [1.82, 2.24) is 19.8 Å². The summed E-state index contributed by atoms with van der Waals surface area (Å²) in [6, 6.07) is 0. The molecule has 0 aliphatic carbocycles. The van der Waals surface area contributed by atoms with Gasteiger partial charge in [0.2, 0.25) is 0 Å². The highest BCUT2D eigenvalue weighted by atomic mass is 15.2. The van der Waals surface area contributed by atoms with Crippen molar-refractivity contribution in [1.29, 1.82) is 0 Å². The molecule has 1 aromatic heterocycles. The molecule has 4 heteroatoms. The topological polar surface area (TPSA) is 33.1 Å². The predicted octanol–water partition coefficient (Wildman–Crippen LogP) is 0.741. The standard InChI is InChI=1S/C12H22N4/c1-13-5-4-12-10-16(11-14-12)9-8-15-6-2-3-7-15/h10-11,13H,2-9H2,1H3. The third-order valence-electron chi connectivity index (χ3n) is 3.19. The van der Waals surface area contributed by atoms with E-state index in [-0.39, 0.29) is 0 Å². The van der Waals surface area contributed by atoms with Gasteiger partial charge in [-0.2, -0.15) is 0 Å². The van der Waals surface area contributed by atoms with Gasteiger partial charge in [0.15, 0.2) is 0 Å². The number of likely N-dealkylation sites (N-methyl/N-ethyl adjacent to an activating group) is 1. The first-order valence-corrected chi connectivity index (χ1v) is 6.26. The normalized spacial score (nSPS) is 17.1. The van der Waals surface area contributed by atoms with Crippen molar-refractivity contribution in [3.63, 3.8) is 0 Å². The summed E-state index contributed by atoms with van der Waals surface area (Å²) in [5.74, 6) is 0. The molecule has 0 amide bonds. The molecule has 0 radical (unpaired) electrons. The van der Waals surface area contributed by atoms with Gasteiger partial charge in [0.25, 0.3) is 0 Å². The van der Waals surface area contributed by atoms with E-state index in [4.69, 9.17) is 0 Å². The minimum absolute atomic E-state index is 1.00. The fraction of sp³-hybridized carbons (Fsp3) is 0.750. The van der Waals surface area contributed by atoms with Crippen LogP contribution in [0.5, 0.6) is 0 Å². The van der Waals surface area contributed by atoms with E-state index >= 15 is 0 Å². The molecular weight excluding hydrogens is 200 g/mol. The first-order chi connectivity index (χ1) is 7.88. The molecule has 0 atom stereocenters. The zero-order valence-electron chi connectivity index (χ0n) is 10.2. The molecule has 4 nitrogen and oxygen atoms in total. The van der Waals surface area contributed by atoms with E-state index < -0.39 is 0 Å². The van der Waals surface area contributed by atoms with E-state index in [9.17, 15) is 0 Å². The minimum atomic E-state index is 1.00. The fourth-order valence-electron chi connectivity index (χ4n) is 2.17. The summed E-state index contributed by atoms with van der Waals surface area (Å²) in [7, 11) is 1.98. The molecule has 0 unspecified atom stereocenters. The van der Waals surface area contributed by atoms with E-state index in [2.05, 4.69) is 26.0 Å². The van der Waals surface area contributed by atoms with Crippen molar-refractivity contribution in [3.8, 4) is 0 Å². The van der Waals surface area contributed by atoms with Crippen LogP contribution < -0.4 is 5.32 Å². The highest BCUT2D eigenvalue weighted by Crippen LogP contribution is 2.07. The molecule has 0 saturated carbocycles. The molecule has 1 fully saturated rings. The lowest BCUT2D eigenvalue weighted by molar-refractivity contribution is 0.322. The van der Waals surface area contributed by atoms with Gasteiger partial charge in [-0.1, -0.05) is 0 Å². The molecule has 1 N–H and O–H groups in total. The Labute approximate surface area is 97.7 Å². The van der Waals surface area contributed by atoms with Crippen molar-refractivity contribution in [2.45, 2.75) is 25.8 Å². The molecule has 2 heterocycles. The summed E-state index contributed by atoms with van der Waals surface area (Å²) in [4.78, 5) is 6.94. The van der Waals surface area contributed by atoms with Crippen LogP contribution in [0.25, 0.3) is 0 Å². The van der Waals surface area contributed by atoms with Crippen LogP contribution in [0.2, 0.25) is 0 Å². The Balaban J connectivity index is 1.73. The first-order valence-electron chi connectivity index (χ1n) is 6.26. The summed E-state index contributed by atoms with van der Waals surface area (Å²) < 4.78 is 2.21. The smallest absolute Gasteiger partial charge is 0.0949 e. The quantitative estimate of drug-likeness (QED) is 0.771. The SMILES string of the molecule is CNCCc1cn(CCN2CCCC2)cn1. The van der Waals surface area contributed by atoms with Crippen LogP contribution >= 0.6 is 0 Å². The summed E-state index contributed by atoms with van der Waals surface area (Å²) in [5.41, 5.74) is 1.19. The Bertz CT molecular complexity index is 302. The molecular formula is C12H22N4. The number of nitrogens with zero attached hydrogens (tertiary/aromatic N) is 3. The maximum atomic E-state index is 4.40. The molecule has 16 heavy (non-hydrogen) atoms. The number of aromatic nitrogens is 2. The highest BCUT2D eigenvalue weighted by molar-refractivity contribution is 4.97. The molecule has 90 valence electrons. The monoisotopic (exact) mass is 222 g/mol. The largest absolute Gasteiger partial charge is 0.336 e. The van der Waals surface area contributed by atoms with Crippen LogP contribution in [0.1, 0.15) is 18.5 Å². The van der Waals surface area contributed by atoms with Crippen LogP contribution in [0.15, 0.2) is 12.5 Å². The molecule has 0 spiro atoms. The third kappa shape index (κ3) is 3.32. The second-order valence-corrected chi connectivity index (χ2v) is 4.51. The van der Waals surface area contributed by atoms with Crippen molar-refractivity contribution < 1.29 is 0 Å². The van der Waals surface area contributed by atoms with Crippen LogP contribution in [-0.2, 0) is 13.0 Å². The molecule has 0 aromatic carbocycles. The maximum absolute atomic E-state index is 4.40. The average Bonchev–Trinajstić information content (AvgIpc) is 2.95. The van der Waals surface area contributed by atoms with E-state index in [0.717, 1.165) is 19.5 Å². The third-order valence-corrected chi connectivity index (χ3v) is 3.19. The lowest BCUT2D eigenvalue weighted by atomic mass is 10.3. The van der Waals surface area contributed by atoms with E-state index in [1.165, 1.54) is 38.2 Å². The summed E-state index contributed by atoms with van der Waals surface area (Å²) in [6.45, 7) is 5.81. The van der Waals surface area contributed by atoms with E-state index in [1.807, 2.05) is 13.4 Å². The Morgan fingerprint density at radius 1 is 1.31 bits per heavy atom. The van der Waals surface area contributed by atoms with Gasteiger partial charge in [-0.3, -0.25) is 0 Å². The highest BCUT2D eigenvalue weighted by Gasteiger charge is 2.10. The van der Waals surface area contributed by atoms with Crippen molar-refractivity contribution >= 4 is 0 Å². The molecule has 2 rings (SSSR count). The minimum Gasteiger partial charge on any atom is -0.336 e. The number of imidazole rings is 1. The van der Waals surface area contributed by atoms with Crippen molar-refractivity contribution in [2.24, 2.45) is 0 Å². The first kappa shape index (κ1) is 11.6. The Hall–Kier alpha value is -0.870. The van der Waals surface area contributed by atoms with Crippen molar-refractivity contribution in [2.75, 3.05) is 33.2 Å². The Kier molecular flexibility index (Phi) is 4.36.